The van der Waals surface area contributed by atoms with Crippen LogP contribution in [0.15, 0.2) is 66.7 Å². The van der Waals surface area contributed by atoms with Crippen LogP contribution < -0.4 is 0 Å². The largest absolute Gasteiger partial charge is 0.508 e. The van der Waals surface area contributed by atoms with Crippen LogP contribution in [0.3, 0.4) is 0 Å². The second-order valence-electron chi connectivity index (χ2n) is 9.12. The van der Waals surface area contributed by atoms with Gasteiger partial charge in [0, 0.05) is 47.2 Å². The summed E-state index contributed by atoms with van der Waals surface area (Å²) >= 11 is 0. The number of phenolic OH excluding ortho intramolecular Hbond substituents is 8. The Labute approximate surface area is 205 Å². The fourth-order valence-electron chi connectivity index (χ4n) is 5.51. The van der Waals surface area contributed by atoms with Crippen molar-refractivity contribution in [3.8, 4) is 46.0 Å². The van der Waals surface area contributed by atoms with Gasteiger partial charge < -0.3 is 40.9 Å². The molecule has 8 heteroatoms. The van der Waals surface area contributed by atoms with E-state index in [1.807, 2.05) is 0 Å². The van der Waals surface area contributed by atoms with Crippen LogP contribution >= 0.6 is 0 Å². The summed E-state index contributed by atoms with van der Waals surface area (Å²) in [4.78, 5) is 0. The van der Waals surface area contributed by atoms with Crippen molar-refractivity contribution in [1.29, 1.82) is 0 Å². The highest BCUT2D eigenvalue weighted by atomic mass is 16.3. The predicted molar refractivity (Wildman–Crippen MR) is 130 cm³/mol. The van der Waals surface area contributed by atoms with E-state index in [1.165, 1.54) is 60.7 Å². The number of aromatic hydroxyl groups is 8. The lowest BCUT2D eigenvalue weighted by Crippen LogP contribution is -2.28. The average Bonchev–Trinajstić information content (AvgIpc) is 2.77. The van der Waals surface area contributed by atoms with Gasteiger partial charge in [0.25, 0.3) is 0 Å². The van der Waals surface area contributed by atoms with E-state index >= 15 is 0 Å². The molecule has 0 saturated carbocycles. The molecule has 36 heavy (non-hydrogen) atoms. The van der Waals surface area contributed by atoms with Gasteiger partial charge in [-0.25, -0.2) is 0 Å². The smallest absolute Gasteiger partial charge is 0.123 e. The van der Waals surface area contributed by atoms with Gasteiger partial charge in [0.2, 0.25) is 0 Å². The average molecular weight is 488 g/mol. The molecule has 184 valence electrons. The van der Waals surface area contributed by atoms with Crippen molar-refractivity contribution in [3.05, 3.63) is 94.5 Å². The molecule has 0 aliphatic heterocycles. The van der Waals surface area contributed by atoms with Gasteiger partial charge in [-0.15, -0.1) is 0 Å². The SMILES string of the molecule is Oc1cc(O)cc(C2C(c3ccc(O)cc3O)Cc3cc(O)cc(O)c3C2c2ccc(O)cc2O)c1. The van der Waals surface area contributed by atoms with E-state index in [-0.39, 0.29) is 52.4 Å². The molecule has 0 fully saturated rings. The third-order valence-electron chi connectivity index (χ3n) is 6.84. The Kier molecular flexibility index (Phi) is 5.44. The zero-order valence-electron chi connectivity index (χ0n) is 18.9. The molecular weight excluding hydrogens is 464 g/mol. The van der Waals surface area contributed by atoms with Crippen molar-refractivity contribution in [2.45, 2.75) is 24.2 Å². The van der Waals surface area contributed by atoms with Gasteiger partial charge in [0.15, 0.2) is 0 Å². The molecule has 0 heterocycles. The molecule has 0 saturated heterocycles. The highest BCUT2D eigenvalue weighted by molar-refractivity contribution is 5.60. The summed E-state index contributed by atoms with van der Waals surface area (Å²) in [5.41, 5.74) is 2.21. The second-order valence-corrected chi connectivity index (χ2v) is 9.12. The minimum absolute atomic E-state index is 0.137. The number of phenols is 8. The monoisotopic (exact) mass is 488 g/mol. The van der Waals surface area contributed by atoms with Crippen molar-refractivity contribution in [2.24, 2.45) is 0 Å². The Hall–Kier alpha value is -4.72. The number of fused-ring (bicyclic) bond motifs is 1. The molecule has 0 radical (unpaired) electrons. The molecule has 1 aliphatic rings. The molecule has 8 N–H and O–H groups in total. The molecule has 3 unspecified atom stereocenters. The molecular formula is C28H24O8. The molecule has 4 aromatic rings. The third kappa shape index (κ3) is 3.92. The highest BCUT2D eigenvalue weighted by Crippen LogP contribution is 2.58. The fraction of sp³-hybridized carbons (Fsp3) is 0.143. The predicted octanol–water partition coefficient (Wildman–Crippen LogP) is 4.59. The van der Waals surface area contributed by atoms with E-state index in [9.17, 15) is 40.9 Å². The standard InChI is InChI=1S/C28H24O8/c29-15-1-3-20(23(34)10-15)22-8-14-7-19(33)12-25(36)27(14)28(21-4-2-16(30)11-24(21)35)26(22)13-5-17(31)9-18(32)6-13/h1-7,9-12,22,26,28-36H,8H2. The number of rotatable bonds is 3. The van der Waals surface area contributed by atoms with Crippen LogP contribution in [0.4, 0.5) is 0 Å². The topological polar surface area (TPSA) is 162 Å². The van der Waals surface area contributed by atoms with Gasteiger partial charge in [-0.3, -0.25) is 0 Å². The van der Waals surface area contributed by atoms with Crippen molar-refractivity contribution in [3.63, 3.8) is 0 Å². The summed E-state index contributed by atoms with van der Waals surface area (Å²) < 4.78 is 0. The summed E-state index contributed by atoms with van der Waals surface area (Å²) in [5.74, 6) is -3.54. The van der Waals surface area contributed by atoms with E-state index in [2.05, 4.69) is 0 Å². The van der Waals surface area contributed by atoms with E-state index < -0.39 is 17.8 Å². The van der Waals surface area contributed by atoms with Crippen LogP contribution in [0.2, 0.25) is 0 Å². The normalized spacial score (nSPS) is 19.1. The van der Waals surface area contributed by atoms with Crippen molar-refractivity contribution in [2.75, 3.05) is 0 Å². The molecule has 8 nitrogen and oxygen atoms in total. The molecule has 0 amide bonds. The maximum Gasteiger partial charge on any atom is 0.123 e. The molecule has 0 aromatic heterocycles. The molecule has 0 bridgehead atoms. The van der Waals surface area contributed by atoms with Gasteiger partial charge in [-0.1, -0.05) is 12.1 Å². The lowest BCUT2D eigenvalue weighted by molar-refractivity contribution is 0.383. The number of hydrogen-bond acceptors (Lipinski definition) is 8. The Morgan fingerprint density at radius 3 is 1.61 bits per heavy atom. The fourth-order valence-corrected chi connectivity index (χ4v) is 5.51. The van der Waals surface area contributed by atoms with Gasteiger partial charge in [-0.05, 0) is 59.4 Å². The van der Waals surface area contributed by atoms with Gasteiger partial charge in [0.05, 0.1) is 0 Å². The van der Waals surface area contributed by atoms with E-state index in [0.717, 1.165) is 0 Å². The van der Waals surface area contributed by atoms with E-state index in [4.69, 9.17) is 0 Å². The zero-order valence-corrected chi connectivity index (χ0v) is 18.9. The molecule has 1 aliphatic carbocycles. The maximum atomic E-state index is 11.0. The van der Waals surface area contributed by atoms with E-state index in [0.29, 0.717) is 27.8 Å². The van der Waals surface area contributed by atoms with Crippen molar-refractivity contribution < 1.29 is 40.9 Å². The minimum atomic E-state index is -0.797. The number of hydrogen-bond donors (Lipinski definition) is 8. The Balaban J connectivity index is 1.86. The van der Waals surface area contributed by atoms with Crippen LogP contribution in [0.25, 0.3) is 0 Å². The minimum Gasteiger partial charge on any atom is -0.508 e. The van der Waals surface area contributed by atoms with Gasteiger partial charge >= 0.3 is 0 Å². The first kappa shape index (κ1) is 23.0. The Morgan fingerprint density at radius 1 is 0.500 bits per heavy atom. The van der Waals surface area contributed by atoms with Crippen LogP contribution in [0.1, 0.15) is 45.6 Å². The van der Waals surface area contributed by atoms with Crippen molar-refractivity contribution in [1.82, 2.24) is 0 Å². The molecule has 0 spiro atoms. The second kappa shape index (κ2) is 8.49. The van der Waals surface area contributed by atoms with Gasteiger partial charge in [0.1, 0.15) is 46.0 Å². The first-order valence-corrected chi connectivity index (χ1v) is 11.2. The molecule has 4 aromatic carbocycles. The van der Waals surface area contributed by atoms with Crippen LogP contribution in [-0.2, 0) is 6.42 Å². The number of benzene rings is 4. The zero-order chi connectivity index (χ0) is 25.7. The summed E-state index contributed by atoms with van der Waals surface area (Å²) in [6.45, 7) is 0. The quantitative estimate of drug-likeness (QED) is 0.208. The van der Waals surface area contributed by atoms with Crippen LogP contribution in [-0.4, -0.2) is 40.9 Å². The Bertz CT molecular complexity index is 1460. The van der Waals surface area contributed by atoms with Crippen LogP contribution in [0, 0.1) is 0 Å². The lowest BCUT2D eigenvalue weighted by Gasteiger charge is -2.41. The highest BCUT2D eigenvalue weighted by Gasteiger charge is 2.43. The van der Waals surface area contributed by atoms with Gasteiger partial charge in [-0.2, -0.15) is 0 Å². The first-order valence-electron chi connectivity index (χ1n) is 11.2. The van der Waals surface area contributed by atoms with Crippen LogP contribution in [0.5, 0.6) is 46.0 Å². The summed E-state index contributed by atoms with van der Waals surface area (Å²) in [7, 11) is 0. The summed E-state index contributed by atoms with van der Waals surface area (Å²) in [6.07, 6.45) is 0.228. The Morgan fingerprint density at radius 2 is 1.03 bits per heavy atom. The van der Waals surface area contributed by atoms with E-state index in [1.54, 1.807) is 6.07 Å². The molecule has 3 atom stereocenters. The lowest BCUT2D eigenvalue weighted by atomic mass is 9.62. The molecule has 5 rings (SSSR count). The maximum absolute atomic E-state index is 11.0. The summed E-state index contributed by atoms with van der Waals surface area (Å²) in [5, 5.41) is 83.2. The van der Waals surface area contributed by atoms with Crippen molar-refractivity contribution >= 4 is 0 Å². The summed E-state index contributed by atoms with van der Waals surface area (Å²) in [6, 6.07) is 15.1. The first-order chi connectivity index (χ1) is 17.1. The third-order valence-corrected chi connectivity index (χ3v) is 6.84.